The van der Waals surface area contributed by atoms with Crippen molar-refractivity contribution in [1.29, 1.82) is 0 Å². The highest BCUT2D eigenvalue weighted by Gasteiger charge is 2.27. The average Bonchev–Trinajstić information content (AvgIpc) is 2.35. The van der Waals surface area contributed by atoms with Gasteiger partial charge in [0.2, 0.25) is 5.91 Å². The van der Waals surface area contributed by atoms with Gasteiger partial charge in [-0.2, -0.15) is 0 Å². The Morgan fingerprint density at radius 2 is 2.24 bits per heavy atom. The summed E-state index contributed by atoms with van der Waals surface area (Å²) in [6.45, 7) is 3.66. The van der Waals surface area contributed by atoms with Crippen LogP contribution in [0, 0.1) is 18.3 Å². The van der Waals surface area contributed by atoms with Gasteiger partial charge < -0.3 is 10.6 Å². The van der Waals surface area contributed by atoms with Gasteiger partial charge in [0.25, 0.3) is 0 Å². The summed E-state index contributed by atoms with van der Waals surface area (Å²) in [6.07, 6.45) is 10.7. The molecule has 0 aromatic heterocycles. The molecule has 2 unspecified atom stereocenters. The van der Waals surface area contributed by atoms with Gasteiger partial charge in [-0.25, -0.2) is 0 Å². The van der Waals surface area contributed by atoms with Crippen LogP contribution in [-0.4, -0.2) is 29.9 Å². The first-order valence-corrected chi connectivity index (χ1v) is 6.62. The summed E-state index contributed by atoms with van der Waals surface area (Å²) < 4.78 is 0. The van der Waals surface area contributed by atoms with Gasteiger partial charge in [-0.15, -0.1) is 12.3 Å². The summed E-state index contributed by atoms with van der Waals surface area (Å²) in [7, 11) is 0. The first-order valence-electron chi connectivity index (χ1n) is 6.62. The van der Waals surface area contributed by atoms with Gasteiger partial charge in [-0.1, -0.05) is 0 Å². The first kappa shape index (κ1) is 14.1. The Kier molecular flexibility index (Phi) is 6.07. The van der Waals surface area contributed by atoms with E-state index in [4.69, 9.17) is 12.2 Å². The summed E-state index contributed by atoms with van der Waals surface area (Å²) >= 11 is 0. The zero-order chi connectivity index (χ0) is 12.7. The number of hydrogen-bond acceptors (Lipinski definition) is 2. The highest BCUT2D eigenvalue weighted by Crippen LogP contribution is 2.22. The highest BCUT2D eigenvalue weighted by molar-refractivity contribution is 5.76. The van der Waals surface area contributed by atoms with Crippen LogP contribution in [0.25, 0.3) is 0 Å². The minimum absolute atomic E-state index is 0.271. The van der Waals surface area contributed by atoms with Crippen molar-refractivity contribution in [3.8, 4) is 12.3 Å². The predicted molar refractivity (Wildman–Crippen MR) is 70.3 cm³/mol. The van der Waals surface area contributed by atoms with Crippen LogP contribution in [0.3, 0.4) is 0 Å². The van der Waals surface area contributed by atoms with E-state index in [9.17, 15) is 4.79 Å². The molecule has 3 heteroatoms. The molecule has 1 aliphatic rings. The Bertz CT molecular complexity index is 282. The van der Waals surface area contributed by atoms with Crippen LogP contribution in [0.2, 0.25) is 0 Å². The van der Waals surface area contributed by atoms with Crippen LogP contribution in [0.4, 0.5) is 0 Å². The number of rotatable bonds is 5. The third-order valence-corrected chi connectivity index (χ3v) is 3.60. The highest BCUT2D eigenvalue weighted by atomic mass is 16.2. The number of amides is 1. The van der Waals surface area contributed by atoms with Crippen molar-refractivity contribution in [2.24, 2.45) is 11.7 Å². The molecule has 1 fully saturated rings. The van der Waals surface area contributed by atoms with E-state index in [1.54, 1.807) is 0 Å². The second-order valence-electron chi connectivity index (χ2n) is 4.99. The molecule has 0 aromatic carbocycles. The van der Waals surface area contributed by atoms with Crippen molar-refractivity contribution in [1.82, 2.24) is 4.90 Å². The van der Waals surface area contributed by atoms with E-state index in [-0.39, 0.29) is 5.91 Å². The zero-order valence-electron chi connectivity index (χ0n) is 10.8. The minimum Gasteiger partial charge on any atom is -0.340 e. The Balaban J connectivity index is 2.35. The zero-order valence-corrected chi connectivity index (χ0v) is 10.8. The van der Waals surface area contributed by atoms with Crippen LogP contribution < -0.4 is 5.73 Å². The number of likely N-dealkylation sites (tertiary alicyclic amines) is 1. The quantitative estimate of drug-likeness (QED) is 0.584. The lowest BCUT2D eigenvalue weighted by molar-refractivity contribution is -0.135. The number of nitrogens with zero attached hydrogens (tertiary/aromatic N) is 1. The number of unbranched alkanes of at least 4 members (excludes halogenated alkanes) is 2. The summed E-state index contributed by atoms with van der Waals surface area (Å²) in [5.74, 6) is 3.36. The molecule has 1 aliphatic heterocycles. The summed E-state index contributed by atoms with van der Waals surface area (Å²) in [5, 5.41) is 0. The monoisotopic (exact) mass is 236 g/mol. The second kappa shape index (κ2) is 7.34. The maximum Gasteiger partial charge on any atom is 0.222 e. The number of piperidine rings is 1. The van der Waals surface area contributed by atoms with E-state index in [1.165, 1.54) is 0 Å². The van der Waals surface area contributed by atoms with Crippen molar-refractivity contribution in [3.63, 3.8) is 0 Å². The second-order valence-corrected chi connectivity index (χ2v) is 4.99. The third-order valence-electron chi connectivity index (χ3n) is 3.60. The van der Waals surface area contributed by atoms with E-state index in [1.807, 2.05) is 4.90 Å². The lowest BCUT2D eigenvalue weighted by Gasteiger charge is -2.37. The fourth-order valence-corrected chi connectivity index (χ4v) is 2.37. The molecule has 2 atom stereocenters. The molecule has 1 rings (SSSR count). The number of carbonyl (C=O) groups excluding carboxylic acids is 1. The van der Waals surface area contributed by atoms with Gasteiger partial charge >= 0.3 is 0 Å². The molecule has 0 aliphatic carbocycles. The van der Waals surface area contributed by atoms with E-state index < -0.39 is 0 Å². The van der Waals surface area contributed by atoms with Gasteiger partial charge in [-0.05, 0) is 45.1 Å². The molecule has 0 bridgehead atoms. The predicted octanol–water partition coefficient (Wildman–Crippen LogP) is 1.77. The van der Waals surface area contributed by atoms with E-state index in [0.717, 1.165) is 38.6 Å². The van der Waals surface area contributed by atoms with Crippen LogP contribution >= 0.6 is 0 Å². The smallest absolute Gasteiger partial charge is 0.222 e. The molecule has 1 amide bonds. The van der Waals surface area contributed by atoms with Crippen molar-refractivity contribution < 1.29 is 4.79 Å². The van der Waals surface area contributed by atoms with E-state index in [0.29, 0.717) is 24.9 Å². The number of nitrogens with two attached hydrogens (primary N) is 1. The minimum atomic E-state index is 0.271. The molecule has 0 radical (unpaired) electrons. The summed E-state index contributed by atoms with van der Waals surface area (Å²) in [4.78, 5) is 14.1. The maximum absolute atomic E-state index is 12.1. The van der Waals surface area contributed by atoms with Crippen LogP contribution in [0.5, 0.6) is 0 Å². The third kappa shape index (κ3) is 4.40. The average molecular weight is 236 g/mol. The molecule has 1 saturated heterocycles. The fourth-order valence-electron chi connectivity index (χ4n) is 2.37. The topological polar surface area (TPSA) is 46.3 Å². The Morgan fingerprint density at radius 1 is 1.47 bits per heavy atom. The largest absolute Gasteiger partial charge is 0.340 e. The molecule has 0 saturated carbocycles. The number of carbonyl (C=O) groups is 1. The van der Waals surface area contributed by atoms with Gasteiger partial charge in [0.05, 0.1) is 0 Å². The molecule has 1 heterocycles. The summed E-state index contributed by atoms with van der Waals surface area (Å²) in [6, 6.07) is 0.373. The fraction of sp³-hybridized carbons (Fsp3) is 0.786. The van der Waals surface area contributed by atoms with Crippen molar-refractivity contribution in [2.45, 2.75) is 51.5 Å². The van der Waals surface area contributed by atoms with Gasteiger partial charge in [0.15, 0.2) is 0 Å². The van der Waals surface area contributed by atoms with Gasteiger partial charge in [0, 0.05) is 25.4 Å². The normalized spacial score (nSPS) is 24.4. The molecule has 2 N–H and O–H groups in total. The Hall–Kier alpha value is -1.01. The number of hydrogen-bond donors (Lipinski definition) is 1. The van der Waals surface area contributed by atoms with E-state index >= 15 is 0 Å². The lowest BCUT2D eigenvalue weighted by atomic mass is 9.93. The van der Waals surface area contributed by atoms with E-state index in [2.05, 4.69) is 12.8 Å². The van der Waals surface area contributed by atoms with Crippen molar-refractivity contribution in [2.75, 3.05) is 13.1 Å². The lowest BCUT2D eigenvalue weighted by Crippen LogP contribution is -2.47. The standard InChI is InChI=1S/C14H24N2O/c1-3-4-5-6-7-14(17)16-11-13(10-15)9-8-12(16)2/h1,12-13H,4-11,15H2,2H3. The van der Waals surface area contributed by atoms with Gasteiger partial charge in [0.1, 0.15) is 0 Å². The first-order chi connectivity index (χ1) is 8.19. The van der Waals surface area contributed by atoms with Crippen LogP contribution in [0.15, 0.2) is 0 Å². The summed E-state index contributed by atoms with van der Waals surface area (Å²) in [5.41, 5.74) is 5.69. The molecule has 0 aromatic rings. The molecule has 17 heavy (non-hydrogen) atoms. The molecule has 3 nitrogen and oxygen atoms in total. The molecular weight excluding hydrogens is 212 g/mol. The van der Waals surface area contributed by atoms with Gasteiger partial charge in [-0.3, -0.25) is 4.79 Å². The SMILES string of the molecule is C#CCCCCC(=O)N1CC(CN)CCC1C. The molecule has 0 spiro atoms. The van der Waals surface area contributed by atoms with Crippen molar-refractivity contribution in [3.05, 3.63) is 0 Å². The Morgan fingerprint density at radius 3 is 2.88 bits per heavy atom. The molecule has 96 valence electrons. The van der Waals surface area contributed by atoms with Crippen LogP contribution in [0.1, 0.15) is 45.4 Å². The van der Waals surface area contributed by atoms with Crippen molar-refractivity contribution >= 4 is 5.91 Å². The Labute approximate surface area is 105 Å². The molecular formula is C14H24N2O. The maximum atomic E-state index is 12.1. The van der Waals surface area contributed by atoms with Crippen LogP contribution in [-0.2, 0) is 4.79 Å². The number of terminal acetylenes is 1.